The molecule has 2 rings (SSSR count). The number of halogens is 3. The van der Waals surface area contributed by atoms with E-state index in [2.05, 4.69) is 10.6 Å². The first-order valence-corrected chi connectivity index (χ1v) is 8.30. The second-order valence-electron chi connectivity index (χ2n) is 5.69. The van der Waals surface area contributed by atoms with Gasteiger partial charge in [-0.2, -0.15) is 13.2 Å². The molecule has 28 heavy (non-hydrogen) atoms. The molecule has 0 saturated heterocycles. The minimum Gasteiger partial charge on any atom is -0.496 e. The van der Waals surface area contributed by atoms with Crippen molar-refractivity contribution < 1.29 is 32.2 Å². The maximum Gasteiger partial charge on any atom is 0.418 e. The predicted molar refractivity (Wildman–Crippen MR) is 98.3 cm³/mol. The number of hydrogen-bond acceptors (Lipinski definition) is 4. The van der Waals surface area contributed by atoms with Gasteiger partial charge in [-0.05, 0) is 30.2 Å². The highest BCUT2D eigenvalue weighted by atomic mass is 19.4. The van der Waals surface area contributed by atoms with Gasteiger partial charge >= 0.3 is 12.2 Å². The molecule has 2 N–H and O–H groups in total. The van der Waals surface area contributed by atoms with Gasteiger partial charge in [0.15, 0.2) is 11.5 Å². The number of nitrogens with one attached hydrogen (secondary N) is 2. The van der Waals surface area contributed by atoms with Gasteiger partial charge in [-0.15, -0.1) is 0 Å². The number of para-hydroxylation sites is 1. The van der Waals surface area contributed by atoms with Crippen LogP contribution in [0.15, 0.2) is 36.4 Å². The fourth-order valence-electron chi connectivity index (χ4n) is 2.60. The van der Waals surface area contributed by atoms with E-state index in [1.165, 1.54) is 39.5 Å². The van der Waals surface area contributed by atoms with Crippen molar-refractivity contribution in [3.63, 3.8) is 0 Å². The highest BCUT2D eigenvalue weighted by Crippen LogP contribution is 2.35. The monoisotopic (exact) mass is 398 g/mol. The number of ether oxygens (including phenoxy) is 3. The summed E-state index contributed by atoms with van der Waals surface area (Å²) in [6.45, 7) is 0.172. The summed E-state index contributed by atoms with van der Waals surface area (Å²) in [5, 5.41) is 4.76. The minimum absolute atomic E-state index is 0.172. The van der Waals surface area contributed by atoms with Crippen LogP contribution in [0.2, 0.25) is 0 Å². The van der Waals surface area contributed by atoms with Crippen LogP contribution >= 0.6 is 0 Å². The lowest BCUT2D eigenvalue weighted by Gasteiger charge is -2.15. The number of rotatable bonds is 7. The SMILES string of the molecule is COc1cc(OC)c(OC)cc1CCNC(=O)Nc1ccccc1C(F)(F)F. The first kappa shape index (κ1) is 21.2. The molecule has 0 saturated carbocycles. The summed E-state index contributed by atoms with van der Waals surface area (Å²) in [5.74, 6) is 1.54. The van der Waals surface area contributed by atoms with Gasteiger partial charge in [-0.3, -0.25) is 0 Å². The molecule has 152 valence electrons. The van der Waals surface area contributed by atoms with E-state index in [1.807, 2.05) is 0 Å². The second-order valence-corrected chi connectivity index (χ2v) is 5.69. The molecule has 0 fully saturated rings. The van der Waals surface area contributed by atoms with Gasteiger partial charge in [0, 0.05) is 12.6 Å². The summed E-state index contributed by atoms with van der Waals surface area (Å²) >= 11 is 0. The fourth-order valence-corrected chi connectivity index (χ4v) is 2.60. The Labute approximate surface area is 160 Å². The number of alkyl halides is 3. The van der Waals surface area contributed by atoms with Crippen LogP contribution in [0.25, 0.3) is 0 Å². The maximum atomic E-state index is 13.0. The number of carbonyl (C=O) groups excluding carboxylic acids is 1. The Hall–Kier alpha value is -3.10. The molecule has 2 aromatic carbocycles. The summed E-state index contributed by atoms with van der Waals surface area (Å²) in [7, 11) is 4.50. The number of hydrogen-bond donors (Lipinski definition) is 2. The summed E-state index contributed by atoms with van der Waals surface area (Å²) in [5.41, 5.74) is -0.473. The Bertz CT molecular complexity index is 825. The molecule has 6 nitrogen and oxygen atoms in total. The first-order valence-electron chi connectivity index (χ1n) is 8.30. The molecule has 0 aliphatic carbocycles. The van der Waals surface area contributed by atoms with Crippen molar-refractivity contribution in [1.82, 2.24) is 5.32 Å². The number of carbonyl (C=O) groups is 1. The van der Waals surface area contributed by atoms with Gasteiger partial charge in [0.25, 0.3) is 0 Å². The van der Waals surface area contributed by atoms with Crippen molar-refractivity contribution in [2.75, 3.05) is 33.2 Å². The van der Waals surface area contributed by atoms with Crippen molar-refractivity contribution >= 4 is 11.7 Å². The molecular formula is C19H21F3N2O4. The van der Waals surface area contributed by atoms with Crippen LogP contribution in [0.1, 0.15) is 11.1 Å². The van der Waals surface area contributed by atoms with Gasteiger partial charge in [-0.1, -0.05) is 12.1 Å². The molecule has 0 radical (unpaired) electrons. The normalized spacial score (nSPS) is 10.9. The van der Waals surface area contributed by atoms with E-state index < -0.39 is 17.8 Å². The smallest absolute Gasteiger partial charge is 0.418 e. The number of methoxy groups -OCH3 is 3. The molecule has 0 aliphatic heterocycles. The average Bonchev–Trinajstić information content (AvgIpc) is 2.67. The van der Waals surface area contributed by atoms with Crippen LogP contribution in [-0.2, 0) is 12.6 Å². The van der Waals surface area contributed by atoms with E-state index in [0.717, 1.165) is 11.6 Å². The van der Waals surface area contributed by atoms with Crippen molar-refractivity contribution in [2.45, 2.75) is 12.6 Å². The summed E-state index contributed by atoms with van der Waals surface area (Å²) < 4.78 is 54.7. The zero-order valence-corrected chi connectivity index (χ0v) is 15.6. The van der Waals surface area contributed by atoms with Gasteiger partial charge in [0.1, 0.15) is 5.75 Å². The van der Waals surface area contributed by atoms with Crippen molar-refractivity contribution in [3.8, 4) is 17.2 Å². The molecule has 9 heteroatoms. The topological polar surface area (TPSA) is 68.8 Å². The third-order valence-corrected chi connectivity index (χ3v) is 3.95. The van der Waals surface area contributed by atoms with Gasteiger partial charge in [-0.25, -0.2) is 4.79 Å². The van der Waals surface area contributed by atoms with E-state index in [9.17, 15) is 18.0 Å². The Morgan fingerprint density at radius 2 is 1.57 bits per heavy atom. The van der Waals surface area contributed by atoms with Crippen molar-refractivity contribution in [3.05, 3.63) is 47.5 Å². The zero-order chi connectivity index (χ0) is 20.7. The van der Waals surface area contributed by atoms with E-state index in [4.69, 9.17) is 14.2 Å². The number of amides is 2. The largest absolute Gasteiger partial charge is 0.496 e. The van der Waals surface area contributed by atoms with Crippen LogP contribution < -0.4 is 24.8 Å². The van der Waals surface area contributed by atoms with E-state index in [-0.39, 0.29) is 12.2 Å². The van der Waals surface area contributed by atoms with Crippen LogP contribution in [0, 0.1) is 0 Å². The summed E-state index contributed by atoms with van der Waals surface area (Å²) in [4.78, 5) is 12.0. The van der Waals surface area contributed by atoms with Gasteiger partial charge in [0.2, 0.25) is 0 Å². The molecule has 2 aromatic rings. The van der Waals surface area contributed by atoms with Crippen LogP contribution in [0.5, 0.6) is 17.2 Å². The van der Waals surface area contributed by atoms with Crippen LogP contribution in [0.3, 0.4) is 0 Å². The predicted octanol–water partition coefficient (Wildman–Crippen LogP) is 4.10. The van der Waals surface area contributed by atoms with Crippen molar-refractivity contribution in [1.29, 1.82) is 0 Å². The summed E-state index contributed by atoms with van der Waals surface area (Å²) in [6.07, 6.45) is -4.19. The Morgan fingerprint density at radius 1 is 0.964 bits per heavy atom. The maximum absolute atomic E-state index is 13.0. The van der Waals surface area contributed by atoms with Gasteiger partial charge in [0.05, 0.1) is 32.6 Å². The third kappa shape index (κ3) is 5.21. The molecule has 0 atom stereocenters. The highest BCUT2D eigenvalue weighted by molar-refractivity contribution is 5.90. The number of anilines is 1. The van der Waals surface area contributed by atoms with Crippen molar-refractivity contribution in [2.24, 2.45) is 0 Å². The molecule has 0 heterocycles. The van der Waals surface area contributed by atoms with E-state index in [0.29, 0.717) is 23.7 Å². The lowest BCUT2D eigenvalue weighted by Crippen LogP contribution is -2.31. The Balaban J connectivity index is 2.02. The fraction of sp³-hybridized carbons (Fsp3) is 0.316. The van der Waals surface area contributed by atoms with Crippen LogP contribution in [-0.4, -0.2) is 33.9 Å². The Kier molecular flexibility index (Phi) is 6.97. The third-order valence-electron chi connectivity index (χ3n) is 3.95. The zero-order valence-electron chi connectivity index (χ0n) is 15.6. The van der Waals surface area contributed by atoms with Crippen LogP contribution in [0.4, 0.5) is 23.7 Å². The lowest BCUT2D eigenvalue weighted by atomic mass is 10.1. The molecule has 2 amide bonds. The highest BCUT2D eigenvalue weighted by Gasteiger charge is 2.33. The quantitative estimate of drug-likeness (QED) is 0.737. The van der Waals surface area contributed by atoms with Gasteiger partial charge < -0.3 is 24.8 Å². The molecule has 0 unspecified atom stereocenters. The van der Waals surface area contributed by atoms with E-state index >= 15 is 0 Å². The first-order chi connectivity index (χ1) is 13.3. The summed E-state index contributed by atoms with van der Waals surface area (Å²) in [6, 6.07) is 7.42. The molecule has 0 bridgehead atoms. The number of urea groups is 1. The van der Waals surface area contributed by atoms with E-state index in [1.54, 1.807) is 12.1 Å². The second kappa shape index (κ2) is 9.20. The Morgan fingerprint density at radius 3 is 2.18 bits per heavy atom. The molecule has 0 aliphatic rings. The lowest BCUT2D eigenvalue weighted by molar-refractivity contribution is -0.136. The molecule has 0 spiro atoms. The standard InChI is InChI=1S/C19H21F3N2O4/c1-26-15-11-17(28-3)16(27-2)10-12(15)8-9-23-18(25)24-14-7-5-4-6-13(14)19(20,21)22/h4-7,10-11H,8-9H2,1-3H3,(H2,23,24,25). The average molecular weight is 398 g/mol. The minimum atomic E-state index is -4.56. The number of benzene rings is 2. The molecule has 0 aromatic heterocycles. The molecular weight excluding hydrogens is 377 g/mol.